The largest absolute Gasteiger partial charge is 0.484 e. The van der Waals surface area contributed by atoms with Crippen molar-refractivity contribution in [1.29, 1.82) is 0 Å². The predicted molar refractivity (Wildman–Crippen MR) is 74.7 cm³/mol. The number of carbonyl (C=O) groups is 1. The van der Waals surface area contributed by atoms with E-state index >= 15 is 0 Å². The van der Waals surface area contributed by atoms with E-state index in [-0.39, 0.29) is 18.6 Å². The van der Waals surface area contributed by atoms with Gasteiger partial charge in [-0.2, -0.15) is 5.21 Å². The van der Waals surface area contributed by atoms with Gasteiger partial charge in [0, 0.05) is 0 Å². The van der Waals surface area contributed by atoms with Crippen molar-refractivity contribution in [1.82, 2.24) is 25.9 Å². The smallest absolute Gasteiger partial charge is 0.258 e. The van der Waals surface area contributed by atoms with Crippen molar-refractivity contribution in [2.45, 2.75) is 32.2 Å². The first-order chi connectivity index (χ1) is 10.2. The van der Waals surface area contributed by atoms with Gasteiger partial charge in [-0.15, -0.1) is 10.2 Å². The maximum atomic E-state index is 11.8. The maximum Gasteiger partial charge on any atom is 0.258 e. The summed E-state index contributed by atoms with van der Waals surface area (Å²) in [5.74, 6) is 0.965. The summed E-state index contributed by atoms with van der Waals surface area (Å²) in [6.45, 7) is 1.76. The molecule has 2 N–H and O–H groups in total. The fourth-order valence-electron chi connectivity index (χ4n) is 2.49. The van der Waals surface area contributed by atoms with E-state index in [2.05, 4.69) is 32.0 Å². The van der Waals surface area contributed by atoms with Crippen LogP contribution in [0.1, 0.15) is 36.3 Å². The summed E-state index contributed by atoms with van der Waals surface area (Å²) >= 11 is 0. The molecule has 0 bridgehead atoms. The van der Waals surface area contributed by atoms with Gasteiger partial charge in [0.15, 0.2) is 12.4 Å². The number of aromatic amines is 1. The molecule has 1 unspecified atom stereocenters. The standard InChI is InChI=1S/C14H17N5O2/c1-9(14-16-18-19-17-14)15-13(20)8-21-12-6-5-10-3-2-4-11(10)7-12/h5-7,9H,2-4,8H2,1H3,(H,15,20)(H,16,17,18,19). The first kappa shape index (κ1) is 13.5. The summed E-state index contributed by atoms with van der Waals surface area (Å²) in [4.78, 5) is 11.8. The van der Waals surface area contributed by atoms with E-state index in [1.165, 1.54) is 17.5 Å². The maximum absolute atomic E-state index is 11.8. The van der Waals surface area contributed by atoms with Crippen molar-refractivity contribution in [2.24, 2.45) is 0 Å². The zero-order chi connectivity index (χ0) is 14.7. The Kier molecular flexibility index (Phi) is 3.81. The molecule has 0 saturated heterocycles. The number of rotatable bonds is 5. The number of hydrogen-bond acceptors (Lipinski definition) is 5. The number of ether oxygens (including phenoxy) is 1. The molecule has 1 heterocycles. The number of nitrogens with zero attached hydrogens (tertiary/aromatic N) is 3. The molecule has 3 rings (SSSR count). The van der Waals surface area contributed by atoms with Crippen molar-refractivity contribution in [3.05, 3.63) is 35.2 Å². The molecule has 21 heavy (non-hydrogen) atoms. The number of amides is 1. The number of fused-ring (bicyclic) bond motifs is 1. The fourth-order valence-corrected chi connectivity index (χ4v) is 2.49. The molecule has 1 atom stereocenters. The SMILES string of the molecule is CC(NC(=O)COc1ccc2c(c1)CCC2)c1nn[nH]n1. The number of aryl methyl sites for hydroxylation is 2. The minimum Gasteiger partial charge on any atom is -0.484 e. The van der Waals surface area contributed by atoms with Gasteiger partial charge in [0.2, 0.25) is 0 Å². The van der Waals surface area contributed by atoms with E-state index in [9.17, 15) is 4.79 Å². The second-order valence-electron chi connectivity index (χ2n) is 5.13. The highest BCUT2D eigenvalue weighted by molar-refractivity contribution is 5.77. The third kappa shape index (κ3) is 3.18. The highest BCUT2D eigenvalue weighted by atomic mass is 16.5. The Morgan fingerprint density at radius 2 is 2.29 bits per heavy atom. The lowest BCUT2D eigenvalue weighted by Crippen LogP contribution is -2.31. The molecule has 1 aromatic carbocycles. The summed E-state index contributed by atoms with van der Waals surface area (Å²) in [6, 6.07) is 5.72. The molecule has 2 aromatic rings. The predicted octanol–water partition coefficient (Wildman–Crippen LogP) is 0.945. The van der Waals surface area contributed by atoms with Crippen LogP contribution in [0.4, 0.5) is 0 Å². The zero-order valence-electron chi connectivity index (χ0n) is 11.8. The Labute approximate surface area is 122 Å². The van der Waals surface area contributed by atoms with E-state index in [1.54, 1.807) is 6.92 Å². The Balaban J connectivity index is 1.52. The van der Waals surface area contributed by atoms with E-state index in [1.807, 2.05) is 12.1 Å². The van der Waals surface area contributed by atoms with E-state index < -0.39 is 0 Å². The van der Waals surface area contributed by atoms with Crippen LogP contribution in [0.15, 0.2) is 18.2 Å². The molecule has 0 radical (unpaired) electrons. The number of H-pyrrole nitrogens is 1. The highest BCUT2D eigenvalue weighted by Crippen LogP contribution is 2.25. The van der Waals surface area contributed by atoms with Crippen molar-refractivity contribution in [2.75, 3.05) is 6.61 Å². The number of nitrogens with one attached hydrogen (secondary N) is 2. The summed E-state index contributed by atoms with van der Waals surface area (Å²) in [7, 11) is 0. The van der Waals surface area contributed by atoms with Gasteiger partial charge in [-0.25, -0.2) is 0 Å². The average Bonchev–Trinajstić information content (AvgIpc) is 3.15. The fraction of sp³-hybridized carbons (Fsp3) is 0.429. The summed E-state index contributed by atoms with van der Waals surface area (Å²) in [6.07, 6.45) is 3.42. The molecule has 1 aliphatic rings. The topological polar surface area (TPSA) is 92.8 Å². The van der Waals surface area contributed by atoms with Crippen LogP contribution in [0, 0.1) is 0 Å². The quantitative estimate of drug-likeness (QED) is 0.854. The van der Waals surface area contributed by atoms with Crippen LogP contribution < -0.4 is 10.1 Å². The van der Waals surface area contributed by atoms with Gasteiger partial charge in [0.05, 0.1) is 6.04 Å². The molecule has 1 amide bonds. The third-order valence-electron chi connectivity index (χ3n) is 3.57. The van der Waals surface area contributed by atoms with Crippen molar-refractivity contribution in [3.8, 4) is 5.75 Å². The zero-order valence-corrected chi connectivity index (χ0v) is 11.8. The first-order valence-electron chi connectivity index (χ1n) is 6.99. The van der Waals surface area contributed by atoms with Gasteiger partial charge in [0.25, 0.3) is 5.91 Å². The lowest BCUT2D eigenvalue weighted by atomic mass is 10.1. The van der Waals surface area contributed by atoms with Crippen LogP contribution in [-0.4, -0.2) is 33.1 Å². The van der Waals surface area contributed by atoms with Crippen LogP contribution in [0.2, 0.25) is 0 Å². The number of benzene rings is 1. The van der Waals surface area contributed by atoms with Crippen LogP contribution in [0.3, 0.4) is 0 Å². The highest BCUT2D eigenvalue weighted by Gasteiger charge is 2.15. The van der Waals surface area contributed by atoms with Crippen LogP contribution >= 0.6 is 0 Å². The number of carbonyl (C=O) groups excluding carboxylic acids is 1. The van der Waals surface area contributed by atoms with Crippen LogP contribution in [-0.2, 0) is 17.6 Å². The lowest BCUT2D eigenvalue weighted by molar-refractivity contribution is -0.123. The third-order valence-corrected chi connectivity index (χ3v) is 3.57. The molecule has 110 valence electrons. The van der Waals surface area contributed by atoms with E-state index in [0.717, 1.165) is 18.6 Å². The summed E-state index contributed by atoms with van der Waals surface area (Å²) < 4.78 is 5.54. The molecule has 7 nitrogen and oxygen atoms in total. The van der Waals surface area contributed by atoms with E-state index in [4.69, 9.17) is 4.74 Å². The molecule has 7 heteroatoms. The van der Waals surface area contributed by atoms with Gasteiger partial charge in [0.1, 0.15) is 5.75 Å². The van der Waals surface area contributed by atoms with Crippen molar-refractivity contribution < 1.29 is 9.53 Å². The molecule has 0 saturated carbocycles. The van der Waals surface area contributed by atoms with E-state index in [0.29, 0.717) is 5.82 Å². The molecule has 0 fully saturated rings. The lowest BCUT2D eigenvalue weighted by Gasteiger charge is -2.11. The molecule has 1 aliphatic carbocycles. The molecular formula is C14H17N5O2. The van der Waals surface area contributed by atoms with Gasteiger partial charge >= 0.3 is 0 Å². The number of aromatic nitrogens is 4. The summed E-state index contributed by atoms with van der Waals surface area (Å²) in [5.41, 5.74) is 2.71. The van der Waals surface area contributed by atoms with Gasteiger partial charge < -0.3 is 10.1 Å². The minimum atomic E-state index is -0.306. The normalized spacial score (nSPS) is 14.5. The van der Waals surface area contributed by atoms with Gasteiger partial charge in [-0.3, -0.25) is 4.79 Å². The Morgan fingerprint density at radius 1 is 1.43 bits per heavy atom. The minimum absolute atomic E-state index is 0.0268. The Morgan fingerprint density at radius 3 is 3.10 bits per heavy atom. The van der Waals surface area contributed by atoms with Gasteiger partial charge in [-0.1, -0.05) is 11.3 Å². The summed E-state index contributed by atoms with van der Waals surface area (Å²) in [5, 5.41) is 16.2. The molecule has 0 aliphatic heterocycles. The van der Waals surface area contributed by atoms with Crippen LogP contribution in [0.25, 0.3) is 0 Å². The van der Waals surface area contributed by atoms with Crippen molar-refractivity contribution >= 4 is 5.91 Å². The Hall–Kier alpha value is -2.44. The average molecular weight is 287 g/mol. The van der Waals surface area contributed by atoms with Gasteiger partial charge in [-0.05, 0) is 49.4 Å². The molecular weight excluding hydrogens is 270 g/mol. The molecule has 0 spiro atoms. The van der Waals surface area contributed by atoms with Crippen LogP contribution in [0.5, 0.6) is 5.75 Å². The molecule has 1 aromatic heterocycles. The second-order valence-corrected chi connectivity index (χ2v) is 5.13. The first-order valence-corrected chi connectivity index (χ1v) is 6.99. The van der Waals surface area contributed by atoms with Crippen molar-refractivity contribution in [3.63, 3.8) is 0 Å². The Bertz CT molecular complexity index is 626. The monoisotopic (exact) mass is 287 g/mol. The number of hydrogen-bond donors (Lipinski definition) is 2. The second kappa shape index (κ2) is 5.90. The number of tetrazole rings is 1.